The van der Waals surface area contributed by atoms with Crippen molar-refractivity contribution in [3.05, 3.63) is 92.5 Å². The molecular formula is C26H24F3N5O3. The molecule has 0 bridgehead atoms. The number of hydrogen-bond acceptors (Lipinski definition) is 5. The molecule has 0 spiro atoms. The Morgan fingerprint density at radius 3 is 2.38 bits per heavy atom. The predicted octanol–water partition coefficient (Wildman–Crippen LogP) is 3.95. The van der Waals surface area contributed by atoms with Crippen molar-refractivity contribution in [2.45, 2.75) is 25.4 Å². The second kappa shape index (κ2) is 9.07. The highest BCUT2D eigenvalue weighted by Crippen LogP contribution is 2.41. The van der Waals surface area contributed by atoms with Crippen LogP contribution >= 0.6 is 0 Å². The lowest BCUT2D eigenvalue weighted by Crippen LogP contribution is -2.21. The van der Waals surface area contributed by atoms with Gasteiger partial charge < -0.3 is 19.2 Å². The molecule has 4 heterocycles. The SMILES string of the molecule is COCc1ccc(-c2cn(C)c(=O)cc2-c2cn(C)c(=O)c3c2CC(c2cnn(C(F)(F)F)c2)N3)cc1. The summed E-state index contributed by atoms with van der Waals surface area (Å²) in [5, 5.41) is 6.52. The molecule has 0 amide bonds. The van der Waals surface area contributed by atoms with Crippen LogP contribution in [0.5, 0.6) is 0 Å². The van der Waals surface area contributed by atoms with Crippen LogP contribution in [-0.4, -0.2) is 26.0 Å². The van der Waals surface area contributed by atoms with Crippen LogP contribution in [0, 0.1) is 0 Å². The standard InChI is InChI=1S/C26H24F3N5O3/c1-32-12-20(16-6-4-15(5-7-16)14-37-3)18(9-23(32)35)21-13-33(2)25(36)24-19(21)8-22(31-24)17-10-30-34(11-17)26(27,28)29/h4-7,9-13,22,31H,8,14H2,1-3H3. The number of hydrogen-bond donors (Lipinski definition) is 1. The number of rotatable bonds is 5. The summed E-state index contributed by atoms with van der Waals surface area (Å²) in [6.45, 7) is 0.465. The first-order valence-corrected chi connectivity index (χ1v) is 11.5. The van der Waals surface area contributed by atoms with Crippen molar-refractivity contribution < 1.29 is 17.9 Å². The number of anilines is 1. The lowest BCUT2D eigenvalue weighted by atomic mass is 9.92. The highest BCUT2D eigenvalue weighted by atomic mass is 19.4. The normalized spacial score (nSPS) is 15.0. The molecule has 1 unspecified atom stereocenters. The summed E-state index contributed by atoms with van der Waals surface area (Å²) in [7, 11) is 4.88. The first kappa shape index (κ1) is 24.6. The number of nitrogens with zero attached hydrogens (tertiary/aromatic N) is 4. The van der Waals surface area contributed by atoms with E-state index in [1.165, 1.54) is 15.2 Å². The molecule has 1 aliphatic heterocycles. The molecule has 8 nitrogen and oxygen atoms in total. The van der Waals surface area contributed by atoms with Crippen molar-refractivity contribution in [1.82, 2.24) is 18.9 Å². The molecule has 1 aromatic carbocycles. The van der Waals surface area contributed by atoms with E-state index in [1.807, 2.05) is 24.3 Å². The molecule has 1 atom stereocenters. The number of ether oxygens (including phenoxy) is 1. The number of halogens is 3. The van der Waals surface area contributed by atoms with Crippen molar-refractivity contribution in [2.75, 3.05) is 12.4 Å². The highest BCUT2D eigenvalue weighted by Gasteiger charge is 2.34. The molecular weight excluding hydrogens is 487 g/mol. The summed E-state index contributed by atoms with van der Waals surface area (Å²) in [6, 6.07) is 8.69. The van der Waals surface area contributed by atoms with Gasteiger partial charge in [-0.3, -0.25) is 9.59 Å². The average Bonchev–Trinajstić information content (AvgIpc) is 3.52. The van der Waals surface area contributed by atoms with Gasteiger partial charge in [-0.2, -0.15) is 9.78 Å². The third kappa shape index (κ3) is 4.46. The maximum Gasteiger partial charge on any atom is 0.504 e. The molecule has 0 saturated carbocycles. The first-order valence-electron chi connectivity index (χ1n) is 11.5. The zero-order valence-corrected chi connectivity index (χ0v) is 20.3. The van der Waals surface area contributed by atoms with Gasteiger partial charge in [0, 0.05) is 62.6 Å². The fourth-order valence-electron chi connectivity index (χ4n) is 4.68. The van der Waals surface area contributed by atoms with Crippen LogP contribution in [0.3, 0.4) is 0 Å². The van der Waals surface area contributed by atoms with Gasteiger partial charge in [0.15, 0.2) is 0 Å². The van der Waals surface area contributed by atoms with Crippen molar-refractivity contribution in [1.29, 1.82) is 0 Å². The number of aromatic nitrogens is 4. The van der Waals surface area contributed by atoms with Gasteiger partial charge in [-0.25, -0.2) is 0 Å². The minimum absolute atomic E-state index is 0.0573. The van der Waals surface area contributed by atoms with E-state index in [9.17, 15) is 22.8 Å². The van der Waals surface area contributed by atoms with Gasteiger partial charge in [0.1, 0.15) is 5.69 Å². The van der Waals surface area contributed by atoms with E-state index in [-0.39, 0.29) is 22.2 Å². The van der Waals surface area contributed by atoms with E-state index < -0.39 is 12.3 Å². The Bertz CT molecular complexity index is 1600. The Labute approximate surface area is 209 Å². The highest BCUT2D eigenvalue weighted by molar-refractivity contribution is 5.86. The summed E-state index contributed by atoms with van der Waals surface area (Å²) < 4.78 is 47.3. The molecule has 5 rings (SSSR count). The van der Waals surface area contributed by atoms with Crippen LogP contribution in [0.1, 0.15) is 22.7 Å². The van der Waals surface area contributed by atoms with Crippen molar-refractivity contribution >= 4 is 5.69 Å². The monoisotopic (exact) mass is 511 g/mol. The number of aryl methyl sites for hydroxylation is 2. The van der Waals surface area contributed by atoms with E-state index in [0.717, 1.165) is 29.1 Å². The Morgan fingerprint density at radius 2 is 1.73 bits per heavy atom. The van der Waals surface area contributed by atoms with E-state index in [4.69, 9.17) is 4.74 Å². The van der Waals surface area contributed by atoms with Gasteiger partial charge in [0.05, 0.1) is 18.8 Å². The lowest BCUT2D eigenvalue weighted by Gasteiger charge is -2.16. The predicted molar refractivity (Wildman–Crippen MR) is 132 cm³/mol. The van der Waals surface area contributed by atoms with Crippen LogP contribution in [0.2, 0.25) is 0 Å². The molecule has 0 aliphatic carbocycles. The minimum Gasteiger partial charge on any atom is -0.380 e. The third-order valence-electron chi connectivity index (χ3n) is 6.57. The van der Waals surface area contributed by atoms with E-state index in [1.54, 1.807) is 33.6 Å². The largest absolute Gasteiger partial charge is 0.504 e. The number of nitrogens with one attached hydrogen (secondary N) is 1. The quantitative estimate of drug-likeness (QED) is 0.439. The Balaban J connectivity index is 1.63. The van der Waals surface area contributed by atoms with E-state index >= 15 is 0 Å². The molecule has 4 aromatic rings. The molecule has 1 aliphatic rings. The van der Waals surface area contributed by atoms with E-state index in [2.05, 4.69) is 10.4 Å². The minimum atomic E-state index is -4.64. The van der Waals surface area contributed by atoms with E-state index in [0.29, 0.717) is 34.5 Å². The summed E-state index contributed by atoms with van der Waals surface area (Å²) in [4.78, 5) is 25.7. The summed E-state index contributed by atoms with van der Waals surface area (Å²) >= 11 is 0. The molecule has 0 saturated heterocycles. The average molecular weight is 512 g/mol. The van der Waals surface area contributed by atoms with Gasteiger partial charge in [0.25, 0.3) is 11.1 Å². The van der Waals surface area contributed by atoms with Crippen LogP contribution in [0.4, 0.5) is 18.9 Å². The molecule has 37 heavy (non-hydrogen) atoms. The second-order valence-corrected chi connectivity index (χ2v) is 9.08. The smallest absolute Gasteiger partial charge is 0.380 e. The number of benzene rings is 1. The summed E-state index contributed by atoms with van der Waals surface area (Å²) in [5.74, 6) is 0. The lowest BCUT2D eigenvalue weighted by molar-refractivity contribution is -0.212. The van der Waals surface area contributed by atoms with Crippen LogP contribution in [0.25, 0.3) is 22.3 Å². The molecule has 1 N–H and O–H groups in total. The van der Waals surface area contributed by atoms with Crippen LogP contribution in [-0.2, 0) is 38.2 Å². The molecule has 0 fully saturated rings. The van der Waals surface area contributed by atoms with Crippen LogP contribution in [0.15, 0.2) is 64.7 Å². The Morgan fingerprint density at radius 1 is 1.03 bits per heavy atom. The van der Waals surface area contributed by atoms with Crippen molar-refractivity contribution in [2.24, 2.45) is 14.1 Å². The third-order valence-corrected chi connectivity index (χ3v) is 6.57. The summed E-state index contributed by atoms with van der Waals surface area (Å²) in [6.07, 6.45) is 1.09. The Hall–Kier alpha value is -4.12. The first-order chi connectivity index (χ1) is 17.6. The number of fused-ring (bicyclic) bond motifs is 1. The zero-order valence-electron chi connectivity index (χ0n) is 20.3. The van der Waals surface area contributed by atoms with Crippen molar-refractivity contribution in [3.8, 4) is 22.3 Å². The maximum absolute atomic E-state index is 13.1. The molecule has 192 valence electrons. The van der Waals surface area contributed by atoms with Crippen LogP contribution < -0.4 is 16.4 Å². The second-order valence-electron chi connectivity index (χ2n) is 9.08. The maximum atomic E-state index is 13.1. The fraction of sp³-hybridized carbons (Fsp3) is 0.269. The summed E-state index contributed by atoms with van der Waals surface area (Å²) in [5.41, 5.74) is 4.62. The topological polar surface area (TPSA) is 83.1 Å². The van der Waals surface area contributed by atoms with Gasteiger partial charge in [-0.15, -0.1) is 13.2 Å². The number of pyridine rings is 2. The van der Waals surface area contributed by atoms with Gasteiger partial charge in [-0.05, 0) is 28.7 Å². The zero-order chi connectivity index (χ0) is 26.5. The van der Waals surface area contributed by atoms with Gasteiger partial charge in [0.2, 0.25) is 0 Å². The van der Waals surface area contributed by atoms with Crippen molar-refractivity contribution in [3.63, 3.8) is 0 Å². The number of alkyl halides is 3. The molecule has 3 aromatic heterocycles. The fourth-order valence-corrected chi connectivity index (χ4v) is 4.68. The van der Waals surface area contributed by atoms with Gasteiger partial charge >= 0.3 is 6.30 Å². The number of methoxy groups -OCH3 is 1. The Kier molecular flexibility index (Phi) is 6.03. The van der Waals surface area contributed by atoms with Gasteiger partial charge in [-0.1, -0.05) is 24.3 Å². The molecule has 11 heteroatoms. The molecule has 0 radical (unpaired) electrons.